The summed E-state index contributed by atoms with van der Waals surface area (Å²) in [7, 11) is 3.81. The molecule has 0 aliphatic carbocycles. The van der Waals surface area contributed by atoms with Crippen LogP contribution in [0.5, 0.6) is 11.5 Å². The second-order valence-electron chi connectivity index (χ2n) is 9.80. The summed E-state index contributed by atoms with van der Waals surface area (Å²) in [4.78, 5) is 29.4. The zero-order valence-corrected chi connectivity index (χ0v) is 22.8. The van der Waals surface area contributed by atoms with Crippen molar-refractivity contribution in [2.45, 2.75) is 13.0 Å². The van der Waals surface area contributed by atoms with Crippen molar-refractivity contribution < 1.29 is 14.3 Å². The molecule has 10 heteroatoms. The van der Waals surface area contributed by atoms with E-state index in [9.17, 15) is 4.79 Å². The SMILES string of the molecule is CN(C)CC(=O)N1CC[C@H](COc2cccc3ncnc(Nc4ccc(OCc5ccccn5)c(Cl)c4)c23)C1. The lowest BCUT2D eigenvalue weighted by Gasteiger charge is -2.19. The maximum absolute atomic E-state index is 12.4. The number of likely N-dealkylation sites (N-methyl/N-ethyl adjacent to an activating group) is 1. The van der Waals surface area contributed by atoms with Gasteiger partial charge in [0.25, 0.3) is 0 Å². The van der Waals surface area contributed by atoms with E-state index >= 15 is 0 Å². The zero-order chi connectivity index (χ0) is 27.2. The number of carbonyl (C=O) groups excluding carboxylic acids is 1. The molecule has 4 aromatic rings. The van der Waals surface area contributed by atoms with E-state index in [-0.39, 0.29) is 11.8 Å². The van der Waals surface area contributed by atoms with Gasteiger partial charge in [0, 0.05) is 30.9 Å². The number of ether oxygens (including phenoxy) is 2. The van der Waals surface area contributed by atoms with Crippen LogP contribution in [-0.2, 0) is 11.4 Å². The number of anilines is 2. The van der Waals surface area contributed by atoms with E-state index in [4.69, 9.17) is 21.1 Å². The summed E-state index contributed by atoms with van der Waals surface area (Å²) < 4.78 is 12.1. The minimum absolute atomic E-state index is 0.152. The molecule has 1 amide bonds. The minimum Gasteiger partial charge on any atom is -0.492 e. The first-order chi connectivity index (χ1) is 19.0. The van der Waals surface area contributed by atoms with Gasteiger partial charge >= 0.3 is 0 Å². The Hall–Kier alpha value is -3.95. The summed E-state index contributed by atoms with van der Waals surface area (Å²) >= 11 is 6.52. The summed E-state index contributed by atoms with van der Waals surface area (Å²) in [6, 6.07) is 16.9. The molecular formula is C29H31ClN6O3. The second-order valence-corrected chi connectivity index (χ2v) is 10.2. The monoisotopic (exact) mass is 546 g/mol. The fourth-order valence-corrected chi connectivity index (χ4v) is 4.77. The van der Waals surface area contributed by atoms with Crippen LogP contribution in [0.1, 0.15) is 12.1 Å². The normalized spacial score (nSPS) is 15.1. The van der Waals surface area contributed by atoms with Crippen LogP contribution >= 0.6 is 11.6 Å². The molecule has 1 N–H and O–H groups in total. The maximum Gasteiger partial charge on any atom is 0.236 e. The van der Waals surface area contributed by atoms with Crippen molar-refractivity contribution in [3.05, 3.63) is 77.8 Å². The van der Waals surface area contributed by atoms with Crippen molar-refractivity contribution in [3.63, 3.8) is 0 Å². The summed E-state index contributed by atoms with van der Waals surface area (Å²) in [5, 5.41) is 4.61. The summed E-state index contributed by atoms with van der Waals surface area (Å²) in [6.07, 6.45) is 4.16. The first-order valence-electron chi connectivity index (χ1n) is 12.8. The van der Waals surface area contributed by atoms with Gasteiger partial charge in [-0.3, -0.25) is 9.78 Å². The first-order valence-corrected chi connectivity index (χ1v) is 13.2. The first kappa shape index (κ1) is 26.6. The molecule has 1 saturated heterocycles. The number of benzene rings is 2. The van der Waals surface area contributed by atoms with Gasteiger partial charge in [-0.1, -0.05) is 23.7 Å². The highest BCUT2D eigenvalue weighted by atomic mass is 35.5. The number of nitrogens with zero attached hydrogens (tertiary/aromatic N) is 5. The highest BCUT2D eigenvalue weighted by molar-refractivity contribution is 6.32. The van der Waals surface area contributed by atoms with Crippen molar-refractivity contribution in [2.75, 3.05) is 45.7 Å². The Labute approximate surface area is 232 Å². The average molecular weight is 547 g/mol. The fraction of sp³-hybridized carbons (Fsp3) is 0.310. The number of pyridine rings is 1. The van der Waals surface area contributed by atoms with Gasteiger partial charge in [-0.2, -0.15) is 0 Å². The minimum atomic E-state index is 0.152. The lowest BCUT2D eigenvalue weighted by Crippen LogP contribution is -2.36. The van der Waals surface area contributed by atoms with Crippen LogP contribution < -0.4 is 14.8 Å². The molecule has 5 rings (SSSR count). The van der Waals surface area contributed by atoms with E-state index in [2.05, 4.69) is 20.3 Å². The molecule has 1 fully saturated rings. The molecule has 1 atom stereocenters. The molecule has 39 heavy (non-hydrogen) atoms. The van der Waals surface area contributed by atoms with E-state index in [1.807, 2.05) is 72.4 Å². The van der Waals surface area contributed by atoms with Gasteiger partial charge < -0.3 is 24.6 Å². The number of aromatic nitrogens is 3. The number of rotatable bonds is 10. The van der Waals surface area contributed by atoms with E-state index < -0.39 is 0 Å². The Morgan fingerprint density at radius 1 is 1.08 bits per heavy atom. The topological polar surface area (TPSA) is 92.7 Å². The zero-order valence-electron chi connectivity index (χ0n) is 22.0. The maximum atomic E-state index is 12.4. The van der Waals surface area contributed by atoms with E-state index in [0.29, 0.717) is 48.6 Å². The third kappa shape index (κ3) is 6.74. The van der Waals surface area contributed by atoms with Gasteiger partial charge in [0.1, 0.15) is 30.3 Å². The molecule has 202 valence electrons. The summed E-state index contributed by atoms with van der Waals surface area (Å²) in [5.41, 5.74) is 2.34. The molecule has 0 bridgehead atoms. The third-order valence-corrected chi connectivity index (χ3v) is 6.78. The molecule has 1 aliphatic heterocycles. The molecule has 0 unspecified atom stereocenters. The number of nitrogens with one attached hydrogen (secondary N) is 1. The Bertz CT molecular complexity index is 1430. The Morgan fingerprint density at radius 3 is 2.77 bits per heavy atom. The van der Waals surface area contributed by atoms with Crippen molar-refractivity contribution >= 4 is 39.9 Å². The quantitative estimate of drug-likeness (QED) is 0.303. The number of hydrogen-bond acceptors (Lipinski definition) is 8. The number of likely N-dealkylation sites (tertiary alicyclic amines) is 1. The second kappa shape index (κ2) is 12.3. The van der Waals surface area contributed by atoms with Crippen molar-refractivity contribution in [1.29, 1.82) is 0 Å². The Kier molecular flexibility index (Phi) is 8.39. The lowest BCUT2D eigenvalue weighted by atomic mass is 10.1. The molecule has 1 aliphatic rings. The fourth-order valence-electron chi connectivity index (χ4n) is 4.53. The standard InChI is InChI=1S/C29H31ClN6O3/c1-35(2)16-27(37)36-13-11-20(15-36)17-38-26-8-5-7-24-28(26)29(33-19-32-24)34-21-9-10-25(23(30)14-21)39-18-22-6-3-4-12-31-22/h3-10,12,14,19-20H,11,13,15-18H2,1-2H3,(H,32,33,34)/t20-/m0/s1. The molecule has 2 aromatic heterocycles. The van der Waals surface area contributed by atoms with Gasteiger partial charge in [-0.15, -0.1) is 0 Å². The van der Waals surface area contributed by atoms with Crippen LogP contribution in [0.2, 0.25) is 5.02 Å². The number of fused-ring (bicyclic) bond motifs is 1. The third-order valence-electron chi connectivity index (χ3n) is 6.49. The van der Waals surface area contributed by atoms with E-state index in [1.54, 1.807) is 12.3 Å². The molecule has 0 radical (unpaired) electrons. The van der Waals surface area contributed by atoms with Gasteiger partial charge in [0.15, 0.2) is 0 Å². The molecule has 9 nitrogen and oxygen atoms in total. The van der Waals surface area contributed by atoms with Gasteiger partial charge in [0.2, 0.25) is 5.91 Å². The summed E-state index contributed by atoms with van der Waals surface area (Å²) in [6.45, 7) is 2.71. The predicted molar refractivity (Wildman–Crippen MR) is 152 cm³/mol. The molecule has 0 spiro atoms. The van der Waals surface area contributed by atoms with Crippen molar-refractivity contribution in [2.24, 2.45) is 5.92 Å². The summed E-state index contributed by atoms with van der Waals surface area (Å²) in [5.74, 6) is 2.29. The van der Waals surface area contributed by atoms with Gasteiger partial charge in [-0.25, -0.2) is 9.97 Å². The highest BCUT2D eigenvalue weighted by Crippen LogP contribution is 2.34. The number of hydrogen-bond donors (Lipinski definition) is 1. The number of amides is 1. The van der Waals surface area contributed by atoms with Gasteiger partial charge in [-0.05, 0) is 63.0 Å². The molecule has 0 saturated carbocycles. The highest BCUT2D eigenvalue weighted by Gasteiger charge is 2.27. The number of carbonyl (C=O) groups is 1. The molecule has 2 aromatic carbocycles. The van der Waals surface area contributed by atoms with Gasteiger partial charge in [0.05, 0.1) is 34.8 Å². The Balaban J connectivity index is 1.27. The molecular weight excluding hydrogens is 516 g/mol. The van der Waals surface area contributed by atoms with E-state index in [1.165, 1.54) is 6.33 Å². The van der Waals surface area contributed by atoms with Crippen LogP contribution in [-0.4, -0.2) is 71.0 Å². The van der Waals surface area contributed by atoms with Crippen molar-refractivity contribution in [3.8, 4) is 11.5 Å². The predicted octanol–water partition coefficient (Wildman–Crippen LogP) is 4.79. The van der Waals surface area contributed by atoms with Crippen LogP contribution in [0.25, 0.3) is 10.9 Å². The van der Waals surface area contributed by atoms with Crippen LogP contribution in [0.4, 0.5) is 11.5 Å². The largest absolute Gasteiger partial charge is 0.492 e. The lowest BCUT2D eigenvalue weighted by molar-refractivity contribution is -0.130. The average Bonchev–Trinajstić information content (AvgIpc) is 3.41. The van der Waals surface area contributed by atoms with Crippen molar-refractivity contribution in [1.82, 2.24) is 24.8 Å². The van der Waals surface area contributed by atoms with E-state index in [0.717, 1.165) is 35.2 Å². The number of halogens is 1. The Morgan fingerprint density at radius 2 is 1.97 bits per heavy atom. The smallest absolute Gasteiger partial charge is 0.236 e. The van der Waals surface area contributed by atoms with Crippen LogP contribution in [0.3, 0.4) is 0 Å². The van der Waals surface area contributed by atoms with Crippen LogP contribution in [0.15, 0.2) is 67.1 Å². The molecule has 3 heterocycles. The van der Waals surface area contributed by atoms with Crippen LogP contribution in [0, 0.1) is 5.92 Å².